The van der Waals surface area contributed by atoms with Gasteiger partial charge in [-0.25, -0.2) is 13.6 Å². The van der Waals surface area contributed by atoms with Crippen molar-refractivity contribution in [2.45, 2.75) is 12.1 Å². The third-order valence-corrected chi connectivity index (χ3v) is 5.00. The Balaban J connectivity index is 0.000000479. The summed E-state index contributed by atoms with van der Waals surface area (Å²) in [7, 11) is 3.45. The van der Waals surface area contributed by atoms with Crippen molar-refractivity contribution in [2.24, 2.45) is 0 Å². The Morgan fingerprint density at radius 3 is 2.24 bits per heavy atom. The number of amides is 1. The molecule has 2 unspecified atom stereocenters. The molecule has 10 heteroatoms. The van der Waals surface area contributed by atoms with E-state index in [0.717, 1.165) is 34.7 Å². The Hall–Kier alpha value is -3.27. The van der Waals surface area contributed by atoms with Crippen LogP contribution in [0.5, 0.6) is 0 Å². The van der Waals surface area contributed by atoms with E-state index in [-0.39, 0.29) is 17.4 Å². The highest BCUT2D eigenvalue weighted by molar-refractivity contribution is 5.77. The number of carbonyl (C=O) groups is 2. The topological polar surface area (TPSA) is 62.1 Å². The van der Waals surface area contributed by atoms with Crippen molar-refractivity contribution in [3.8, 4) is 0 Å². The van der Waals surface area contributed by atoms with Crippen LogP contribution in [0.25, 0.3) is 5.57 Å². The van der Waals surface area contributed by atoms with Gasteiger partial charge in [0.05, 0.1) is 12.5 Å². The Labute approximate surface area is 187 Å². The van der Waals surface area contributed by atoms with Crippen LogP contribution in [-0.4, -0.2) is 61.8 Å². The maximum Gasteiger partial charge on any atom is 0.490 e. The van der Waals surface area contributed by atoms with Crippen LogP contribution in [0.3, 0.4) is 0 Å². The van der Waals surface area contributed by atoms with Crippen molar-refractivity contribution in [2.75, 3.05) is 33.7 Å². The Morgan fingerprint density at radius 1 is 1.09 bits per heavy atom. The number of halogens is 5. The van der Waals surface area contributed by atoms with E-state index in [9.17, 15) is 26.7 Å². The molecule has 2 aromatic carbocycles. The molecule has 2 atom stereocenters. The zero-order valence-electron chi connectivity index (χ0n) is 18.0. The maximum atomic E-state index is 14.3. The third kappa shape index (κ3) is 7.67. The van der Waals surface area contributed by atoms with Gasteiger partial charge in [0, 0.05) is 25.2 Å². The number of rotatable bonds is 4. The van der Waals surface area contributed by atoms with E-state index >= 15 is 0 Å². The monoisotopic (exact) mass is 471 g/mol. The molecule has 3 rings (SSSR count). The van der Waals surface area contributed by atoms with Gasteiger partial charge in [0.1, 0.15) is 18.2 Å². The van der Waals surface area contributed by atoms with Gasteiger partial charge in [-0.1, -0.05) is 36.4 Å². The van der Waals surface area contributed by atoms with Gasteiger partial charge in [0.2, 0.25) is 0 Å². The quantitative estimate of drug-likeness (QED) is 0.675. The van der Waals surface area contributed by atoms with Crippen molar-refractivity contribution in [3.05, 3.63) is 77.4 Å². The highest BCUT2D eigenvalue weighted by Gasteiger charge is 2.38. The summed E-state index contributed by atoms with van der Waals surface area (Å²) in [6.07, 6.45) is -3.07. The number of hydrogen-bond acceptors (Lipinski definition) is 2. The van der Waals surface area contributed by atoms with Crippen molar-refractivity contribution in [1.29, 1.82) is 0 Å². The Morgan fingerprint density at radius 2 is 1.70 bits per heavy atom. The minimum atomic E-state index is -5.08. The fourth-order valence-corrected chi connectivity index (χ4v) is 3.36. The molecule has 2 N–H and O–H groups in total. The molecule has 5 nitrogen and oxygen atoms in total. The average molecular weight is 471 g/mol. The number of aliphatic carboxylic acids is 1. The van der Waals surface area contributed by atoms with Gasteiger partial charge in [-0.2, -0.15) is 13.2 Å². The number of likely N-dealkylation sites (N-methyl/N-ethyl adjacent to an activating group) is 1. The number of nitrogens with one attached hydrogen (secondary N) is 1. The largest absolute Gasteiger partial charge is 0.490 e. The molecule has 1 heterocycles. The number of benzene rings is 2. The van der Waals surface area contributed by atoms with Crippen LogP contribution < -0.4 is 4.90 Å². The molecular formula is C23H24F5N2O3+. The number of carboxylic acids is 1. The molecule has 0 radical (unpaired) electrons. The zero-order chi connectivity index (χ0) is 24.8. The summed E-state index contributed by atoms with van der Waals surface area (Å²) in [4.78, 5) is 23.7. The molecule has 0 fully saturated rings. The normalized spacial score (nSPS) is 18.0. The summed E-state index contributed by atoms with van der Waals surface area (Å²) in [6.45, 7) is 1.55. The van der Waals surface area contributed by atoms with Crippen molar-refractivity contribution in [1.82, 2.24) is 4.90 Å². The lowest BCUT2D eigenvalue weighted by atomic mass is 9.89. The maximum absolute atomic E-state index is 14.3. The first-order valence-electron chi connectivity index (χ1n) is 9.93. The highest BCUT2D eigenvalue weighted by atomic mass is 19.4. The fraction of sp³-hybridized carbons (Fsp3) is 0.304. The summed E-state index contributed by atoms with van der Waals surface area (Å²) in [5.74, 6) is -3.59. The van der Waals surface area contributed by atoms with Crippen LogP contribution in [0.2, 0.25) is 0 Å². The fourth-order valence-electron chi connectivity index (χ4n) is 3.36. The molecule has 0 saturated heterocycles. The van der Waals surface area contributed by atoms with Gasteiger partial charge in [0.25, 0.3) is 5.91 Å². The summed E-state index contributed by atoms with van der Waals surface area (Å²) in [5.41, 5.74) is 2.13. The lowest BCUT2D eigenvalue weighted by Crippen LogP contribution is -3.14. The molecule has 0 bridgehead atoms. The second kappa shape index (κ2) is 11.0. The number of carboxylic acid groups (broad SMARTS) is 1. The first kappa shape index (κ1) is 26.0. The van der Waals surface area contributed by atoms with Gasteiger partial charge >= 0.3 is 12.1 Å². The molecule has 0 aliphatic carbocycles. The number of nitrogens with zero attached hydrogens (tertiary/aromatic N) is 1. The van der Waals surface area contributed by atoms with Crippen LogP contribution in [0.1, 0.15) is 17.0 Å². The van der Waals surface area contributed by atoms with Gasteiger partial charge in [0.15, 0.2) is 6.54 Å². The molecular weight excluding hydrogens is 447 g/mol. The molecule has 1 amide bonds. The van der Waals surface area contributed by atoms with Crippen molar-refractivity contribution in [3.63, 3.8) is 0 Å². The second-order valence-electron chi connectivity index (χ2n) is 7.73. The molecule has 1 aliphatic rings. The van der Waals surface area contributed by atoms with E-state index in [0.29, 0.717) is 13.1 Å². The van der Waals surface area contributed by atoms with Crippen LogP contribution in [0.15, 0.2) is 54.6 Å². The lowest BCUT2D eigenvalue weighted by Gasteiger charge is -2.30. The van der Waals surface area contributed by atoms with E-state index in [2.05, 4.69) is 0 Å². The summed E-state index contributed by atoms with van der Waals surface area (Å²) < 4.78 is 59.7. The predicted octanol–water partition coefficient (Wildman–Crippen LogP) is 2.75. The first-order valence-corrected chi connectivity index (χ1v) is 9.93. The minimum absolute atomic E-state index is 0.0211. The highest BCUT2D eigenvalue weighted by Crippen LogP contribution is 2.26. The van der Waals surface area contributed by atoms with E-state index in [1.807, 2.05) is 36.4 Å². The minimum Gasteiger partial charge on any atom is -0.475 e. The number of quaternary nitrogens is 1. The Bertz CT molecular complexity index is 1010. The molecule has 1 aliphatic heterocycles. The third-order valence-electron chi connectivity index (χ3n) is 5.00. The van der Waals surface area contributed by atoms with Crippen LogP contribution >= 0.6 is 0 Å². The molecule has 0 saturated carbocycles. The van der Waals surface area contributed by atoms with Crippen LogP contribution in [0, 0.1) is 11.6 Å². The second-order valence-corrected chi connectivity index (χ2v) is 7.73. The smallest absolute Gasteiger partial charge is 0.475 e. The van der Waals surface area contributed by atoms with Crippen LogP contribution in [0.4, 0.5) is 22.0 Å². The van der Waals surface area contributed by atoms with E-state index in [1.165, 1.54) is 6.07 Å². The molecule has 178 valence electrons. The average Bonchev–Trinajstić information content (AvgIpc) is 2.75. The summed E-state index contributed by atoms with van der Waals surface area (Å²) >= 11 is 0. The van der Waals surface area contributed by atoms with E-state index in [4.69, 9.17) is 9.90 Å². The van der Waals surface area contributed by atoms with Gasteiger partial charge in [-0.15, -0.1) is 0 Å². The van der Waals surface area contributed by atoms with Crippen molar-refractivity contribution < 1.29 is 41.5 Å². The Kier molecular flexibility index (Phi) is 8.69. The summed E-state index contributed by atoms with van der Waals surface area (Å²) in [6, 6.07) is 13.4. The molecule has 0 spiro atoms. The predicted molar refractivity (Wildman–Crippen MR) is 111 cm³/mol. The van der Waals surface area contributed by atoms with E-state index in [1.54, 1.807) is 19.0 Å². The van der Waals surface area contributed by atoms with Gasteiger partial charge < -0.3 is 14.9 Å². The number of carbonyl (C=O) groups excluding carboxylic acids is 1. The lowest BCUT2D eigenvalue weighted by molar-refractivity contribution is -0.886. The molecule has 33 heavy (non-hydrogen) atoms. The number of alkyl halides is 3. The SMILES string of the molecule is CN(C)C(=O)C[NH+]1CC(c2cc(F)ccc2F)=CC(c2ccccc2)C1.O=C(O)C(F)(F)F. The summed E-state index contributed by atoms with van der Waals surface area (Å²) in [5, 5.41) is 7.12. The first-order chi connectivity index (χ1) is 15.4. The van der Waals surface area contributed by atoms with Crippen LogP contribution in [-0.2, 0) is 9.59 Å². The van der Waals surface area contributed by atoms with Crippen molar-refractivity contribution >= 4 is 17.4 Å². The zero-order valence-corrected chi connectivity index (χ0v) is 18.0. The standard InChI is InChI=1S/C21H22F2N2O.C2HF3O2/c1-24(2)21(26)14-25-12-16(15-6-4-3-5-7-15)10-17(13-25)19-11-18(22)8-9-20(19)23;3-2(4,5)1(6)7/h3-11,16H,12-14H2,1-2H3;(H,6,7)/p+1. The van der Waals surface area contributed by atoms with Gasteiger partial charge in [-0.05, 0) is 23.8 Å². The van der Waals surface area contributed by atoms with Gasteiger partial charge in [-0.3, -0.25) is 4.79 Å². The molecule has 2 aromatic rings. The van der Waals surface area contributed by atoms with E-state index < -0.39 is 23.8 Å². The number of hydrogen-bond donors (Lipinski definition) is 2. The molecule has 0 aromatic heterocycles.